The number of aromatic nitrogens is 1. The van der Waals surface area contributed by atoms with Gasteiger partial charge in [0.2, 0.25) is 0 Å². The fraction of sp³-hybridized carbons (Fsp3) is 0.600. The van der Waals surface area contributed by atoms with Gasteiger partial charge in [-0.15, -0.1) is 0 Å². The Morgan fingerprint density at radius 2 is 1.81 bits per heavy atom. The number of carbonyl (C=O) groups is 1. The van der Waals surface area contributed by atoms with Gasteiger partial charge in [0.15, 0.2) is 11.3 Å². The number of carbonyl (C=O) groups excluding carboxylic acids is 1. The van der Waals surface area contributed by atoms with Gasteiger partial charge < -0.3 is 14.4 Å². The van der Waals surface area contributed by atoms with Crippen molar-refractivity contribution < 1.29 is 35.9 Å². The first kappa shape index (κ1) is 19.1. The maximum absolute atomic E-state index is 12.8. The molecule has 2 fully saturated rings. The van der Waals surface area contributed by atoms with Gasteiger partial charge in [0.05, 0.1) is 18.8 Å². The molecule has 7 nitrogen and oxygen atoms in total. The third-order valence-electron chi connectivity index (χ3n) is 4.42. The van der Waals surface area contributed by atoms with E-state index in [-0.39, 0.29) is 25.3 Å². The second-order valence-electron chi connectivity index (χ2n) is 6.04. The van der Waals surface area contributed by atoms with Crippen molar-refractivity contribution in [2.24, 2.45) is 5.92 Å². The van der Waals surface area contributed by atoms with E-state index in [0.717, 1.165) is 12.3 Å². The summed E-state index contributed by atoms with van der Waals surface area (Å²) in [6, 6.07) is 2.28. The van der Waals surface area contributed by atoms with Crippen molar-refractivity contribution >= 4 is 15.7 Å². The number of halogens is 3. The Bertz CT molecular complexity index is 770. The highest BCUT2D eigenvalue weighted by atomic mass is 32.2. The zero-order chi connectivity index (χ0) is 18.9. The molecule has 26 heavy (non-hydrogen) atoms. The molecule has 11 heteroatoms. The highest BCUT2D eigenvalue weighted by Gasteiger charge is 2.50. The standard InChI is InChI=1S/C15H17F3N2O5S/c16-15(17,18)26(22,23)12-11(2-1-5-19-12)13(21)20-6-3-10(4-7-20)14-24-8-9-25-14/h1-2,5,10,14H,3-4,6-9H2. The Balaban J connectivity index is 1.77. The van der Waals surface area contributed by atoms with Crippen LogP contribution in [-0.2, 0) is 19.3 Å². The molecule has 3 rings (SSSR count). The SMILES string of the molecule is O=C(c1cccnc1S(=O)(=O)C(F)(F)F)N1CCC(C2OCCO2)CC1. The normalized spacial score (nSPS) is 20.5. The summed E-state index contributed by atoms with van der Waals surface area (Å²) in [5.41, 5.74) is -6.10. The average molecular weight is 394 g/mol. The zero-order valence-electron chi connectivity index (χ0n) is 13.6. The molecule has 2 aliphatic heterocycles. The highest BCUT2D eigenvalue weighted by molar-refractivity contribution is 7.92. The van der Waals surface area contributed by atoms with Crippen molar-refractivity contribution in [1.82, 2.24) is 9.88 Å². The van der Waals surface area contributed by atoms with Gasteiger partial charge in [-0.1, -0.05) is 0 Å². The van der Waals surface area contributed by atoms with Crippen molar-refractivity contribution in [3.05, 3.63) is 23.9 Å². The average Bonchev–Trinajstić information content (AvgIpc) is 3.15. The van der Waals surface area contributed by atoms with E-state index < -0.39 is 31.8 Å². The van der Waals surface area contributed by atoms with E-state index in [4.69, 9.17) is 9.47 Å². The van der Waals surface area contributed by atoms with Gasteiger partial charge >= 0.3 is 5.51 Å². The van der Waals surface area contributed by atoms with Crippen LogP contribution >= 0.6 is 0 Å². The molecule has 0 atom stereocenters. The lowest BCUT2D eigenvalue weighted by atomic mass is 9.96. The van der Waals surface area contributed by atoms with Gasteiger partial charge in [-0.25, -0.2) is 13.4 Å². The van der Waals surface area contributed by atoms with Crippen LogP contribution in [-0.4, -0.2) is 62.3 Å². The highest BCUT2D eigenvalue weighted by Crippen LogP contribution is 2.32. The monoisotopic (exact) mass is 394 g/mol. The summed E-state index contributed by atoms with van der Waals surface area (Å²) in [7, 11) is -5.71. The van der Waals surface area contributed by atoms with E-state index >= 15 is 0 Å². The number of sulfone groups is 1. The van der Waals surface area contributed by atoms with E-state index in [1.165, 1.54) is 11.0 Å². The van der Waals surface area contributed by atoms with E-state index in [2.05, 4.69) is 4.98 Å². The molecule has 0 radical (unpaired) electrons. The number of pyridine rings is 1. The Morgan fingerprint density at radius 1 is 1.19 bits per heavy atom. The largest absolute Gasteiger partial charge is 0.503 e. The van der Waals surface area contributed by atoms with E-state index in [0.29, 0.717) is 26.1 Å². The number of hydrogen-bond donors (Lipinski definition) is 0. The van der Waals surface area contributed by atoms with E-state index in [1.807, 2.05) is 0 Å². The molecule has 0 saturated carbocycles. The van der Waals surface area contributed by atoms with Gasteiger partial charge in [0.1, 0.15) is 0 Å². The third-order valence-corrected chi connectivity index (χ3v) is 5.86. The van der Waals surface area contributed by atoms with Crippen LogP contribution in [0.4, 0.5) is 13.2 Å². The predicted molar refractivity (Wildman–Crippen MR) is 81.8 cm³/mol. The minimum atomic E-state index is -5.71. The first-order valence-corrected chi connectivity index (χ1v) is 9.49. The third kappa shape index (κ3) is 3.55. The number of alkyl halides is 3. The minimum absolute atomic E-state index is 0.0915. The molecule has 2 saturated heterocycles. The van der Waals surface area contributed by atoms with Gasteiger partial charge in [0.25, 0.3) is 15.7 Å². The molecule has 0 aromatic carbocycles. The molecule has 0 aliphatic carbocycles. The molecule has 3 heterocycles. The molecule has 1 aromatic heterocycles. The summed E-state index contributed by atoms with van der Waals surface area (Å²) in [5.74, 6) is -0.693. The molecule has 0 N–H and O–H groups in total. The van der Waals surface area contributed by atoms with Gasteiger partial charge in [0, 0.05) is 25.2 Å². The van der Waals surface area contributed by atoms with Crippen molar-refractivity contribution in [2.75, 3.05) is 26.3 Å². The summed E-state index contributed by atoms with van der Waals surface area (Å²) in [4.78, 5) is 17.3. The summed E-state index contributed by atoms with van der Waals surface area (Å²) < 4.78 is 72.8. The molecule has 1 amide bonds. The number of amides is 1. The molecule has 0 bridgehead atoms. The second-order valence-corrected chi connectivity index (χ2v) is 7.90. The van der Waals surface area contributed by atoms with Crippen LogP contribution in [0.1, 0.15) is 23.2 Å². The van der Waals surface area contributed by atoms with Gasteiger partial charge in [-0.3, -0.25) is 4.79 Å². The van der Waals surface area contributed by atoms with Gasteiger partial charge in [-0.2, -0.15) is 13.2 Å². The minimum Gasteiger partial charge on any atom is -0.350 e. The molecule has 1 aromatic rings. The Kier molecular flexibility index (Phi) is 5.22. The Hall–Kier alpha value is -1.72. The number of ether oxygens (including phenoxy) is 2. The lowest BCUT2D eigenvalue weighted by Gasteiger charge is -2.34. The van der Waals surface area contributed by atoms with Crippen LogP contribution in [0.15, 0.2) is 23.4 Å². The van der Waals surface area contributed by atoms with Crippen LogP contribution in [0, 0.1) is 5.92 Å². The molecule has 144 valence electrons. The second kappa shape index (κ2) is 7.12. The smallest absolute Gasteiger partial charge is 0.350 e. The number of hydrogen-bond acceptors (Lipinski definition) is 6. The summed E-state index contributed by atoms with van der Waals surface area (Å²) in [6.07, 6.45) is 1.69. The molecule has 0 spiro atoms. The first-order chi connectivity index (χ1) is 12.2. The van der Waals surface area contributed by atoms with Crippen LogP contribution < -0.4 is 0 Å². The molecular formula is C15H17F3N2O5S. The van der Waals surface area contributed by atoms with E-state index in [1.54, 1.807) is 0 Å². The topological polar surface area (TPSA) is 85.8 Å². The number of rotatable bonds is 3. The maximum atomic E-state index is 12.8. The summed E-state index contributed by atoms with van der Waals surface area (Å²) in [6.45, 7) is 1.57. The quantitative estimate of drug-likeness (QED) is 0.774. The zero-order valence-corrected chi connectivity index (χ0v) is 14.4. The maximum Gasteiger partial charge on any atom is 0.503 e. The van der Waals surface area contributed by atoms with E-state index in [9.17, 15) is 26.4 Å². The fourth-order valence-corrected chi connectivity index (χ4v) is 3.93. The van der Waals surface area contributed by atoms with Crippen LogP contribution in [0.5, 0.6) is 0 Å². The molecule has 0 unspecified atom stereocenters. The Morgan fingerprint density at radius 3 is 2.38 bits per heavy atom. The summed E-state index contributed by atoms with van der Waals surface area (Å²) in [5, 5.41) is -1.26. The van der Waals surface area contributed by atoms with Crippen molar-refractivity contribution in [3.63, 3.8) is 0 Å². The molecular weight excluding hydrogens is 377 g/mol. The lowest BCUT2D eigenvalue weighted by molar-refractivity contribution is -0.0956. The molecule has 2 aliphatic rings. The number of likely N-dealkylation sites (tertiary alicyclic amines) is 1. The lowest BCUT2D eigenvalue weighted by Crippen LogP contribution is -2.42. The Labute approximate surface area is 148 Å². The summed E-state index contributed by atoms with van der Waals surface area (Å²) >= 11 is 0. The fourth-order valence-electron chi connectivity index (χ4n) is 3.07. The van der Waals surface area contributed by atoms with Crippen molar-refractivity contribution in [2.45, 2.75) is 29.7 Å². The first-order valence-electron chi connectivity index (χ1n) is 8.00. The van der Waals surface area contributed by atoms with Crippen molar-refractivity contribution in [1.29, 1.82) is 0 Å². The van der Waals surface area contributed by atoms with Crippen molar-refractivity contribution in [3.8, 4) is 0 Å². The predicted octanol–water partition coefficient (Wildman–Crippen LogP) is 1.60. The van der Waals surface area contributed by atoms with Crippen LogP contribution in [0.2, 0.25) is 0 Å². The van der Waals surface area contributed by atoms with Gasteiger partial charge in [-0.05, 0) is 25.0 Å². The van der Waals surface area contributed by atoms with Crippen LogP contribution in [0.25, 0.3) is 0 Å². The number of piperidine rings is 1. The number of nitrogens with zero attached hydrogens (tertiary/aromatic N) is 2. The van der Waals surface area contributed by atoms with Crippen LogP contribution in [0.3, 0.4) is 0 Å².